The van der Waals surface area contributed by atoms with Gasteiger partial charge in [-0.3, -0.25) is 0 Å². The smallest absolute Gasteiger partial charge is 0.123 e. The van der Waals surface area contributed by atoms with Crippen LogP contribution in [0.15, 0.2) is 12.7 Å². The Kier molecular flexibility index (Phi) is 2.85. The molecule has 0 aromatic rings. The van der Waals surface area contributed by atoms with Gasteiger partial charge in [-0.2, -0.15) is 0 Å². The fourth-order valence-corrected chi connectivity index (χ4v) is 1.41. The van der Waals surface area contributed by atoms with E-state index in [0.717, 1.165) is 0 Å². The molecule has 4 heteroatoms. The van der Waals surface area contributed by atoms with Crippen molar-refractivity contribution >= 4 is 0 Å². The highest BCUT2D eigenvalue weighted by Crippen LogP contribution is 2.29. The van der Waals surface area contributed by atoms with Gasteiger partial charge in [0.15, 0.2) is 0 Å². The van der Waals surface area contributed by atoms with E-state index in [1.54, 1.807) is 6.08 Å². The molecule has 1 aliphatic heterocycles. The monoisotopic (exact) mass is 174 g/mol. The maximum absolute atomic E-state index is 9.46. The fraction of sp³-hybridized carbons (Fsp3) is 0.750. The molecule has 1 aliphatic rings. The maximum Gasteiger partial charge on any atom is 0.123 e. The lowest BCUT2D eigenvalue weighted by Gasteiger charge is -2.28. The normalized spacial score (nSPS) is 41.6. The predicted octanol–water partition coefficient (Wildman–Crippen LogP) is -0.954. The van der Waals surface area contributed by atoms with Crippen molar-refractivity contribution in [3.8, 4) is 0 Å². The van der Waals surface area contributed by atoms with Crippen LogP contribution in [0.5, 0.6) is 0 Å². The van der Waals surface area contributed by atoms with Crippen molar-refractivity contribution in [3.63, 3.8) is 0 Å². The van der Waals surface area contributed by atoms with Gasteiger partial charge in [-0.1, -0.05) is 6.08 Å². The molecule has 3 N–H and O–H groups in total. The van der Waals surface area contributed by atoms with Crippen molar-refractivity contribution in [3.05, 3.63) is 12.7 Å². The molecule has 0 radical (unpaired) electrons. The molecule has 1 saturated heterocycles. The molecule has 1 heterocycles. The first-order valence-corrected chi connectivity index (χ1v) is 3.88. The van der Waals surface area contributed by atoms with E-state index in [1.807, 2.05) is 0 Å². The Morgan fingerprint density at radius 3 is 2.58 bits per heavy atom. The quantitative estimate of drug-likeness (QED) is 0.482. The second-order valence-corrected chi connectivity index (χ2v) is 3.04. The van der Waals surface area contributed by atoms with Crippen molar-refractivity contribution in [2.45, 2.75) is 24.2 Å². The van der Waals surface area contributed by atoms with Gasteiger partial charge in [-0.25, -0.2) is 0 Å². The van der Waals surface area contributed by atoms with Crippen molar-refractivity contribution < 1.29 is 20.1 Å². The number of rotatable bonds is 3. The lowest BCUT2D eigenvalue weighted by atomic mass is 9.93. The van der Waals surface area contributed by atoms with Crippen molar-refractivity contribution in [2.75, 3.05) is 13.2 Å². The Labute approximate surface area is 71.1 Å². The van der Waals surface area contributed by atoms with E-state index in [-0.39, 0.29) is 13.2 Å². The molecule has 0 aromatic heterocycles. The van der Waals surface area contributed by atoms with Gasteiger partial charge in [0.25, 0.3) is 0 Å². The maximum atomic E-state index is 9.46. The largest absolute Gasteiger partial charge is 0.393 e. The van der Waals surface area contributed by atoms with Crippen LogP contribution in [0.3, 0.4) is 0 Å². The fourth-order valence-electron chi connectivity index (χ4n) is 1.41. The molecule has 1 rings (SSSR count). The molecule has 3 atom stereocenters. The van der Waals surface area contributed by atoms with E-state index in [2.05, 4.69) is 6.58 Å². The van der Waals surface area contributed by atoms with Crippen molar-refractivity contribution in [2.24, 2.45) is 0 Å². The summed E-state index contributed by atoms with van der Waals surface area (Å²) in [5, 5.41) is 27.6. The summed E-state index contributed by atoms with van der Waals surface area (Å²) < 4.78 is 5.13. The van der Waals surface area contributed by atoms with Gasteiger partial charge in [0.1, 0.15) is 17.8 Å². The van der Waals surface area contributed by atoms with Gasteiger partial charge in [-0.05, 0) is 6.42 Å². The Hall–Kier alpha value is -0.420. The molecular weight excluding hydrogens is 160 g/mol. The van der Waals surface area contributed by atoms with Gasteiger partial charge >= 0.3 is 0 Å². The van der Waals surface area contributed by atoms with Crippen LogP contribution in [0.25, 0.3) is 0 Å². The first kappa shape index (κ1) is 9.67. The number of aliphatic hydroxyl groups excluding tert-OH is 3. The highest BCUT2D eigenvalue weighted by Gasteiger charge is 2.47. The average molecular weight is 174 g/mol. The topological polar surface area (TPSA) is 69.9 Å². The molecule has 0 amide bonds. The highest BCUT2D eigenvalue weighted by atomic mass is 16.6. The highest BCUT2D eigenvalue weighted by molar-refractivity contribution is 5.00. The van der Waals surface area contributed by atoms with Gasteiger partial charge in [0, 0.05) is 0 Å². The van der Waals surface area contributed by atoms with Crippen LogP contribution >= 0.6 is 0 Å². The molecule has 3 unspecified atom stereocenters. The lowest BCUT2D eigenvalue weighted by Crippen LogP contribution is -2.45. The number of hydrogen-bond donors (Lipinski definition) is 3. The zero-order valence-electron chi connectivity index (χ0n) is 6.81. The van der Waals surface area contributed by atoms with Gasteiger partial charge in [0.05, 0.1) is 13.2 Å². The standard InChI is InChI=1S/C8H14O4/c1-2-3-8(5-9)7(11)6(10)4-12-8/h2,6-7,9-11H,1,3-5H2. The molecule has 0 saturated carbocycles. The van der Waals surface area contributed by atoms with E-state index in [1.165, 1.54) is 0 Å². The minimum absolute atomic E-state index is 0.0650. The number of ether oxygens (including phenoxy) is 1. The third-order valence-electron chi connectivity index (χ3n) is 2.20. The minimum atomic E-state index is -1.04. The summed E-state index contributed by atoms with van der Waals surface area (Å²) in [5.74, 6) is 0. The van der Waals surface area contributed by atoms with E-state index in [9.17, 15) is 10.2 Å². The van der Waals surface area contributed by atoms with Gasteiger partial charge in [0.2, 0.25) is 0 Å². The Morgan fingerprint density at radius 2 is 2.25 bits per heavy atom. The Bertz CT molecular complexity index is 170. The van der Waals surface area contributed by atoms with Crippen LogP contribution in [-0.2, 0) is 4.74 Å². The van der Waals surface area contributed by atoms with Crippen LogP contribution in [0, 0.1) is 0 Å². The number of aliphatic hydroxyl groups is 3. The molecule has 1 fully saturated rings. The summed E-state index contributed by atoms with van der Waals surface area (Å²) in [5.41, 5.74) is -1.04. The predicted molar refractivity (Wildman–Crippen MR) is 42.6 cm³/mol. The van der Waals surface area contributed by atoms with Gasteiger partial charge < -0.3 is 20.1 Å². The minimum Gasteiger partial charge on any atom is -0.393 e. The number of hydrogen-bond acceptors (Lipinski definition) is 4. The van der Waals surface area contributed by atoms with Crippen LogP contribution in [0.1, 0.15) is 6.42 Å². The van der Waals surface area contributed by atoms with E-state index >= 15 is 0 Å². The van der Waals surface area contributed by atoms with Crippen LogP contribution in [0.4, 0.5) is 0 Å². The summed E-state index contributed by atoms with van der Waals surface area (Å²) >= 11 is 0. The zero-order chi connectivity index (χ0) is 9.19. The Morgan fingerprint density at radius 1 is 1.58 bits per heavy atom. The first-order valence-electron chi connectivity index (χ1n) is 3.88. The van der Waals surface area contributed by atoms with E-state index in [0.29, 0.717) is 6.42 Å². The Balaban J connectivity index is 2.72. The molecule has 0 aliphatic carbocycles. The molecule has 12 heavy (non-hydrogen) atoms. The first-order chi connectivity index (χ1) is 5.66. The third kappa shape index (κ3) is 1.38. The molecule has 70 valence electrons. The second kappa shape index (κ2) is 3.53. The molecule has 0 bridgehead atoms. The van der Waals surface area contributed by atoms with Crippen molar-refractivity contribution in [1.82, 2.24) is 0 Å². The second-order valence-electron chi connectivity index (χ2n) is 3.04. The molecular formula is C8H14O4. The van der Waals surface area contributed by atoms with Crippen LogP contribution in [0.2, 0.25) is 0 Å². The summed E-state index contributed by atoms with van der Waals surface area (Å²) in [6.07, 6.45) is -0.0447. The zero-order valence-corrected chi connectivity index (χ0v) is 6.81. The summed E-state index contributed by atoms with van der Waals surface area (Å²) in [6, 6.07) is 0. The lowest BCUT2D eigenvalue weighted by molar-refractivity contribution is -0.0923. The molecule has 4 nitrogen and oxygen atoms in total. The average Bonchev–Trinajstić information content (AvgIpc) is 2.35. The summed E-state index contributed by atoms with van der Waals surface area (Å²) in [7, 11) is 0. The third-order valence-corrected chi connectivity index (χ3v) is 2.20. The van der Waals surface area contributed by atoms with Crippen molar-refractivity contribution in [1.29, 1.82) is 0 Å². The SMILES string of the molecule is C=CCC1(CO)OCC(O)C1O. The van der Waals surface area contributed by atoms with E-state index in [4.69, 9.17) is 9.84 Å². The van der Waals surface area contributed by atoms with Gasteiger partial charge in [-0.15, -0.1) is 6.58 Å². The van der Waals surface area contributed by atoms with E-state index < -0.39 is 17.8 Å². The molecule has 0 spiro atoms. The molecule has 0 aromatic carbocycles. The summed E-state index contributed by atoms with van der Waals surface area (Å²) in [4.78, 5) is 0. The summed E-state index contributed by atoms with van der Waals surface area (Å²) in [6.45, 7) is 3.25. The van der Waals surface area contributed by atoms with Crippen LogP contribution in [-0.4, -0.2) is 46.3 Å². The van der Waals surface area contributed by atoms with Crippen LogP contribution < -0.4 is 0 Å².